The highest BCUT2D eigenvalue weighted by Crippen LogP contribution is 2.47. The van der Waals surface area contributed by atoms with Gasteiger partial charge in [0.05, 0.1) is 11.6 Å². The minimum absolute atomic E-state index is 0.123. The molecule has 0 bridgehead atoms. The second kappa shape index (κ2) is 7.51. The Bertz CT molecular complexity index is 1060. The van der Waals surface area contributed by atoms with Crippen LogP contribution in [0.25, 0.3) is 0 Å². The van der Waals surface area contributed by atoms with Gasteiger partial charge in [-0.3, -0.25) is 9.59 Å². The number of rotatable bonds is 2. The van der Waals surface area contributed by atoms with E-state index >= 15 is 0 Å². The van der Waals surface area contributed by atoms with Gasteiger partial charge < -0.3 is 19.6 Å². The SMILES string of the molecule is O=C(c1c([O-])cccc1F)N1CCC2(CC1)OC1CC[C@@H](c3cc(F)cc(F)c3)N1C2=O. The van der Waals surface area contributed by atoms with Crippen LogP contribution < -0.4 is 5.11 Å². The van der Waals surface area contributed by atoms with Crippen molar-refractivity contribution in [3.8, 4) is 5.75 Å². The number of nitrogens with zero attached hydrogens (tertiary/aromatic N) is 2. The van der Waals surface area contributed by atoms with E-state index in [-0.39, 0.29) is 31.8 Å². The topological polar surface area (TPSA) is 72.9 Å². The zero-order valence-corrected chi connectivity index (χ0v) is 17.0. The highest BCUT2D eigenvalue weighted by Gasteiger charge is 2.58. The fourth-order valence-electron chi connectivity index (χ4n) is 5.08. The predicted octanol–water partition coefficient (Wildman–Crippen LogP) is 2.87. The van der Waals surface area contributed by atoms with Gasteiger partial charge in [-0.1, -0.05) is 17.9 Å². The molecule has 3 heterocycles. The van der Waals surface area contributed by atoms with Gasteiger partial charge in [0.15, 0.2) is 5.60 Å². The second-order valence-corrected chi connectivity index (χ2v) is 8.48. The normalized spacial score (nSPS) is 24.3. The van der Waals surface area contributed by atoms with Crippen LogP contribution in [0.2, 0.25) is 0 Å². The molecule has 0 aromatic heterocycles. The van der Waals surface area contributed by atoms with Crippen molar-refractivity contribution in [1.29, 1.82) is 0 Å². The minimum atomic E-state index is -1.14. The van der Waals surface area contributed by atoms with Gasteiger partial charge in [-0.15, -0.1) is 0 Å². The number of carbonyl (C=O) groups is 2. The molecule has 3 fully saturated rings. The maximum atomic E-state index is 14.0. The Labute approximate surface area is 182 Å². The van der Waals surface area contributed by atoms with E-state index in [9.17, 15) is 27.9 Å². The van der Waals surface area contributed by atoms with E-state index in [1.807, 2.05) is 0 Å². The average Bonchev–Trinajstić information content (AvgIpc) is 3.26. The molecule has 5 rings (SSSR count). The average molecular weight is 445 g/mol. The van der Waals surface area contributed by atoms with Crippen LogP contribution in [0, 0.1) is 17.5 Å². The number of fused-ring (bicyclic) bond motifs is 1. The molecule has 3 aliphatic rings. The fourth-order valence-corrected chi connectivity index (χ4v) is 5.08. The van der Waals surface area contributed by atoms with E-state index in [0.29, 0.717) is 18.4 Å². The first-order valence-electron chi connectivity index (χ1n) is 10.5. The molecule has 168 valence electrons. The molecule has 32 heavy (non-hydrogen) atoms. The van der Waals surface area contributed by atoms with Gasteiger partial charge in [0.1, 0.15) is 23.7 Å². The Balaban J connectivity index is 1.33. The molecule has 0 radical (unpaired) electrons. The zero-order chi connectivity index (χ0) is 22.6. The maximum Gasteiger partial charge on any atom is 0.257 e. The van der Waals surface area contributed by atoms with Crippen LogP contribution in [0.4, 0.5) is 13.2 Å². The molecule has 1 unspecified atom stereocenters. The zero-order valence-electron chi connectivity index (χ0n) is 17.0. The Kier molecular flexibility index (Phi) is 4.88. The number of benzene rings is 2. The third kappa shape index (κ3) is 3.23. The number of piperidine rings is 1. The summed E-state index contributed by atoms with van der Waals surface area (Å²) >= 11 is 0. The summed E-state index contributed by atoms with van der Waals surface area (Å²) < 4.78 is 47.6. The highest BCUT2D eigenvalue weighted by molar-refractivity contribution is 5.97. The molecule has 3 aliphatic heterocycles. The Hall–Kier alpha value is -3.07. The molecular formula is C23H20F3N2O4-. The number of hydrogen-bond donors (Lipinski definition) is 0. The van der Waals surface area contributed by atoms with Gasteiger partial charge in [-0.2, -0.15) is 0 Å². The van der Waals surface area contributed by atoms with Crippen molar-refractivity contribution in [3.63, 3.8) is 0 Å². The van der Waals surface area contributed by atoms with Gasteiger partial charge in [0.25, 0.3) is 11.8 Å². The van der Waals surface area contributed by atoms with E-state index in [0.717, 1.165) is 18.2 Å². The summed E-state index contributed by atoms with van der Waals surface area (Å²) in [6.45, 7) is 0.246. The highest BCUT2D eigenvalue weighted by atomic mass is 19.1. The molecule has 0 aliphatic carbocycles. The summed E-state index contributed by atoms with van der Waals surface area (Å²) in [6, 6.07) is 6.20. The quantitative estimate of drug-likeness (QED) is 0.713. The van der Waals surface area contributed by atoms with E-state index in [1.165, 1.54) is 23.1 Å². The van der Waals surface area contributed by atoms with Gasteiger partial charge in [-0.05, 0) is 36.6 Å². The largest absolute Gasteiger partial charge is 0.872 e. The number of halogens is 3. The van der Waals surface area contributed by atoms with Crippen molar-refractivity contribution >= 4 is 11.8 Å². The number of ether oxygens (including phenoxy) is 1. The van der Waals surface area contributed by atoms with Crippen molar-refractivity contribution in [3.05, 3.63) is 65.0 Å². The van der Waals surface area contributed by atoms with Crippen molar-refractivity contribution in [2.24, 2.45) is 0 Å². The van der Waals surface area contributed by atoms with Crippen molar-refractivity contribution in [2.45, 2.75) is 43.6 Å². The molecule has 9 heteroatoms. The standard InChI is InChI=1S/C23H21F3N2O4/c24-14-10-13(11-15(25)12-14)17-4-5-19-28(17)22(31)23(32-19)6-8-27(9-7-23)21(30)20-16(26)2-1-3-18(20)29/h1-3,10-12,17,19,29H,4-9H2/p-1/t17-,19?/m0/s1. The van der Waals surface area contributed by atoms with Crippen LogP contribution in [-0.2, 0) is 9.53 Å². The summed E-state index contributed by atoms with van der Waals surface area (Å²) in [7, 11) is 0. The first-order chi connectivity index (χ1) is 15.3. The Morgan fingerprint density at radius 2 is 1.75 bits per heavy atom. The molecule has 6 nitrogen and oxygen atoms in total. The first kappa shape index (κ1) is 20.8. The molecule has 0 saturated carbocycles. The second-order valence-electron chi connectivity index (χ2n) is 8.48. The summed E-state index contributed by atoms with van der Waals surface area (Å²) in [4.78, 5) is 29.0. The Morgan fingerprint density at radius 3 is 2.41 bits per heavy atom. The Morgan fingerprint density at radius 1 is 1.06 bits per heavy atom. The van der Waals surface area contributed by atoms with E-state index in [4.69, 9.17) is 4.74 Å². The van der Waals surface area contributed by atoms with Crippen molar-refractivity contribution in [2.75, 3.05) is 13.1 Å². The summed E-state index contributed by atoms with van der Waals surface area (Å²) in [5, 5.41) is 12.0. The van der Waals surface area contributed by atoms with Gasteiger partial charge >= 0.3 is 0 Å². The van der Waals surface area contributed by atoms with Gasteiger partial charge in [-0.25, -0.2) is 13.2 Å². The molecule has 1 spiro atoms. The van der Waals surface area contributed by atoms with Gasteiger partial charge in [0.2, 0.25) is 0 Å². The summed E-state index contributed by atoms with van der Waals surface area (Å²) in [5.74, 6) is -3.94. The van der Waals surface area contributed by atoms with E-state index in [2.05, 4.69) is 0 Å². The smallest absolute Gasteiger partial charge is 0.257 e. The monoisotopic (exact) mass is 445 g/mol. The van der Waals surface area contributed by atoms with Crippen LogP contribution >= 0.6 is 0 Å². The molecule has 2 amide bonds. The summed E-state index contributed by atoms with van der Waals surface area (Å²) in [6.07, 6.45) is 0.947. The number of likely N-dealkylation sites (tertiary alicyclic amines) is 1. The van der Waals surface area contributed by atoms with Gasteiger partial charge in [0, 0.05) is 32.0 Å². The maximum absolute atomic E-state index is 14.0. The molecule has 0 N–H and O–H groups in total. The van der Waals surface area contributed by atoms with E-state index < -0.39 is 52.5 Å². The summed E-state index contributed by atoms with van der Waals surface area (Å²) in [5.41, 5.74) is -1.26. The molecule has 2 atom stereocenters. The number of amides is 2. The number of hydrogen-bond acceptors (Lipinski definition) is 4. The fraction of sp³-hybridized carbons (Fsp3) is 0.391. The van der Waals surface area contributed by atoms with Crippen molar-refractivity contribution < 1.29 is 32.6 Å². The lowest BCUT2D eigenvalue weighted by Crippen LogP contribution is -2.51. The molecule has 3 saturated heterocycles. The van der Waals surface area contributed by atoms with Crippen molar-refractivity contribution in [1.82, 2.24) is 9.80 Å². The van der Waals surface area contributed by atoms with Crippen LogP contribution in [0.3, 0.4) is 0 Å². The van der Waals surface area contributed by atoms with Crippen LogP contribution in [0.15, 0.2) is 36.4 Å². The lowest BCUT2D eigenvalue weighted by molar-refractivity contribution is -0.269. The number of carbonyl (C=O) groups excluding carboxylic acids is 2. The molecular weight excluding hydrogens is 425 g/mol. The third-order valence-corrected chi connectivity index (χ3v) is 6.64. The molecule has 2 aromatic carbocycles. The van der Waals surface area contributed by atoms with Crippen LogP contribution in [0.1, 0.15) is 47.6 Å². The third-order valence-electron chi connectivity index (χ3n) is 6.64. The first-order valence-corrected chi connectivity index (χ1v) is 10.5. The lowest BCUT2D eigenvalue weighted by atomic mass is 9.89. The molecule has 2 aromatic rings. The lowest BCUT2D eigenvalue weighted by Gasteiger charge is -2.38. The predicted molar refractivity (Wildman–Crippen MR) is 104 cm³/mol. The minimum Gasteiger partial charge on any atom is -0.872 e. The van der Waals surface area contributed by atoms with Crippen LogP contribution in [-0.4, -0.2) is 46.5 Å². The van der Waals surface area contributed by atoms with E-state index in [1.54, 1.807) is 4.90 Å². The van der Waals surface area contributed by atoms with Crippen LogP contribution in [0.5, 0.6) is 5.75 Å².